The predicted octanol–water partition coefficient (Wildman–Crippen LogP) is 6.16. The molecule has 0 atom stereocenters. The van der Waals surface area contributed by atoms with Gasteiger partial charge < -0.3 is 25.8 Å². The Bertz CT molecular complexity index is 1910. The average Bonchev–Trinajstić information content (AvgIpc) is 3.07. The molecular formula is C34H34F3N9O3. The highest BCUT2D eigenvalue weighted by molar-refractivity contribution is 6.07. The van der Waals surface area contributed by atoms with Crippen LogP contribution in [0.2, 0.25) is 0 Å². The number of likely N-dealkylation sites (N-methyl/N-ethyl adjacent to an activating group) is 1. The molecule has 3 N–H and O–H groups in total. The Labute approximate surface area is 280 Å². The van der Waals surface area contributed by atoms with Crippen LogP contribution in [-0.4, -0.2) is 78.0 Å². The van der Waals surface area contributed by atoms with Crippen molar-refractivity contribution in [3.8, 4) is 0 Å². The number of amides is 5. The van der Waals surface area contributed by atoms with Gasteiger partial charge in [-0.05, 0) is 68.1 Å². The summed E-state index contributed by atoms with van der Waals surface area (Å²) in [6.45, 7) is 4.88. The Balaban J connectivity index is 1.15. The van der Waals surface area contributed by atoms with E-state index in [1.54, 1.807) is 54.5 Å². The molecule has 1 aromatic heterocycles. The van der Waals surface area contributed by atoms with Gasteiger partial charge in [0.2, 0.25) is 5.95 Å². The molecule has 15 heteroatoms. The zero-order chi connectivity index (χ0) is 34.9. The smallest absolute Gasteiger partial charge is 0.324 e. The van der Waals surface area contributed by atoms with E-state index >= 15 is 0 Å². The minimum atomic E-state index is -4.58. The molecule has 0 saturated carbocycles. The van der Waals surface area contributed by atoms with Crippen molar-refractivity contribution in [1.29, 1.82) is 0 Å². The van der Waals surface area contributed by atoms with Gasteiger partial charge in [0.15, 0.2) is 0 Å². The summed E-state index contributed by atoms with van der Waals surface area (Å²) in [4.78, 5) is 55.1. The zero-order valence-corrected chi connectivity index (χ0v) is 27.0. The van der Waals surface area contributed by atoms with Crippen LogP contribution in [0, 0.1) is 6.92 Å². The van der Waals surface area contributed by atoms with Crippen LogP contribution < -0.4 is 25.8 Å². The van der Waals surface area contributed by atoms with Crippen LogP contribution in [0.1, 0.15) is 27.0 Å². The number of aromatic nitrogens is 2. The lowest BCUT2D eigenvalue weighted by Crippen LogP contribution is -2.48. The van der Waals surface area contributed by atoms with E-state index in [2.05, 4.69) is 30.8 Å². The first kappa shape index (κ1) is 33.2. The molecule has 0 spiro atoms. The van der Waals surface area contributed by atoms with E-state index in [0.717, 1.165) is 30.8 Å². The number of urea groups is 2. The summed E-state index contributed by atoms with van der Waals surface area (Å²) in [5, 5.41) is 8.71. The minimum absolute atomic E-state index is 0.137. The summed E-state index contributed by atoms with van der Waals surface area (Å²) >= 11 is 0. The maximum absolute atomic E-state index is 13.6. The van der Waals surface area contributed by atoms with Gasteiger partial charge in [0.05, 0.1) is 17.8 Å². The van der Waals surface area contributed by atoms with Gasteiger partial charge in [-0.25, -0.2) is 14.6 Å². The molecule has 2 aliphatic heterocycles. The normalized spacial score (nSPS) is 15.1. The third-order valence-corrected chi connectivity index (χ3v) is 8.38. The monoisotopic (exact) mass is 673 g/mol. The van der Waals surface area contributed by atoms with Crippen molar-refractivity contribution in [2.45, 2.75) is 19.6 Å². The molecule has 0 radical (unpaired) electrons. The number of anilines is 6. The van der Waals surface area contributed by atoms with E-state index in [1.165, 1.54) is 21.9 Å². The Hall–Kier alpha value is -5.70. The number of rotatable bonds is 6. The quantitative estimate of drug-likeness (QED) is 0.224. The molecule has 4 aromatic rings. The van der Waals surface area contributed by atoms with Crippen molar-refractivity contribution in [2.24, 2.45) is 0 Å². The van der Waals surface area contributed by atoms with Crippen LogP contribution in [0.5, 0.6) is 0 Å². The number of fused-ring (bicyclic) bond motifs is 1. The summed E-state index contributed by atoms with van der Waals surface area (Å²) in [5.74, 6) is -0.0560. The number of carbonyl (C=O) groups is 3. The molecule has 6 rings (SSSR count). The number of halogens is 3. The van der Waals surface area contributed by atoms with E-state index < -0.39 is 17.6 Å². The van der Waals surface area contributed by atoms with Gasteiger partial charge in [0.25, 0.3) is 5.91 Å². The highest BCUT2D eigenvalue weighted by Crippen LogP contribution is 2.34. The van der Waals surface area contributed by atoms with Crippen LogP contribution in [-0.2, 0) is 12.7 Å². The van der Waals surface area contributed by atoms with E-state index in [0.29, 0.717) is 47.2 Å². The van der Waals surface area contributed by atoms with Crippen molar-refractivity contribution in [2.75, 3.05) is 66.0 Å². The number of benzene rings is 3. The Morgan fingerprint density at radius 1 is 0.857 bits per heavy atom. The highest BCUT2D eigenvalue weighted by Gasteiger charge is 2.33. The largest absolute Gasteiger partial charge is 0.416 e. The number of hydrogen-bond donors (Lipinski definition) is 3. The lowest BCUT2D eigenvalue weighted by atomic mass is 10.1. The van der Waals surface area contributed by atoms with E-state index in [-0.39, 0.29) is 30.1 Å². The second-order valence-corrected chi connectivity index (χ2v) is 11.9. The van der Waals surface area contributed by atoms with Crippen molar-refractivity contribution in [1.82, 2.24) is 19.8 Å². The van der Waals surface area contributed by atoms with Crippen molar-refractivity contribution < 1.29 is 27.6 Å². The minimum Gasteiger partial charge on any atom is -0.324 e. The lowest BCUT2D eigenvalue weighted by Gasteiger charge is -2.35. The van der Waals surface area contributed by atoms with E-state index in [1.807, 2.05) is 20.0 Å². The van der Waals surface area contributed by atoms with Gasteiger partial charge in [-0.2, -0.15) is 18.2 Å². The molecule has 5 amide bonds. The summed E-state index contributed by atoms with van der Waals surface area (Å²) in [7, 11) is 3.62. The number of piperazine rings is 1. The Kier molecular flexibility index (Phi) is 9.10. The Morgan fingerprint density at radius 3 is 2.33 bits per heavy atom. The number of nitrogens with one attached hydrogen (secondary N) is 3. The second-order valence-electron chi connectivity index (χ2n) is 11.9. The molecule has 0 aliphatic carbocycles. The van der Waals surface area contributed by atoms with Crippen molar-refractivity contribution >= 4 is 52.5 Å². The molecule has 2 aliphatic rings. The topological polar surface area (TPSA) is 126 Å². The second kappa shape index (κ2) is 13.4. The number of hydrogen-bond acceptors (Lipinski definition) is 7. The molecular weight excluding hydrogens is 639 g/mol. The number of carbonyl (C=O) groups excluding carboxylic acids is 3. The van der Waals surface area contributed by atoms with E-state index in [4.69, 9.17) is 0 Å². The maximum atomic E-state index is 13.6. The van der Waals surface area contributed by atoms with Gasteiger partial charge >= 0.3 is 18.2 Å². The highest BCUT2D eigenvalue weighted by atomic mass is 19.4. The fraction of sp³-hybridized carbons (Fsp3) is 0.265. The zero-order valence-electron chi connectivity index (χ0n) is 27.0. The van der Waals surface area contributed by atoms with Crippen molar-refractivity contribution in [3.63, 3.8) is 0 Å². The fourth-order valence-corrected chi connectivity index (χ4v) is 5.59. The third-order valence-electron chi connectivity index (χ3n) is 8.38. The average molecular weight is 674 g/mol. The fourth-order valence-electron chi connectivity index (χ4n) is 5.59. The predicted molar refractivity (Wildman–Crippen MR) is 180 cm³/mol. The summed E-state index contributed by atoms with van der Waals surface area (Å²) < 4.78 is 39.5. The molecule has 0 unspecified atom stereocenters. The third kappa shape index (κ3) is 7.41. The lowest BCUT2D eigenvalue weighted by molar-refractivity contribution is -0.137. The first-order valence-corrected chi connectivity index (χ1v) is 15.5. The number of nitrogens with zero attached hydrogens (tertiary/aromatic N) is 6. The van der Waals surface area contributed by atoms with Gasteiger partial charge in [-0.3, -0.25) is 14.6 Å². The van der Waals surface area contributed by atoms with Gasteiger partial charge in [-0.1, -0.05) is 18.2 Å². The van der Waals surface area contributed by atoms with Crippen LogP contribution >= 0.6 is 0 Å². The van der Waals surface area contributed by atoms with Crippen LogP contribution in [0.25, 0.3) is 0 Å². The maximum Gasteiger partial charge on any atom is 0.416 e. The molecule has 49 heavy (non-hydrogen) atoms. The molecule has 12 nitrogen and oxygen atoms in total. The molecule has 3 heterocycles. The molecule has 1 saturated heterocycles. The summed E-state index contributed by atoms with van der Waals surface area (Å²) in [6, 6.07) is 15.7. The Morgan fingerprint density at radius 2 is 1.57 bits per heavy atom. The van der Waals surface area contributed by atoms with Gasteiger partial charge in [0, 0.05) is 67.6 Å². The number of aryl methyl sites for hydroxylation is 1. The van der Waals surface area contributed by atoms with E-state index in [9.17, 15) is 27.6 Å². The SMILES string of the molecule is Cc1ccc(NC(=O)c2cccc(C(F)(F)F)c2)cc1N1Cc2cnc(Nc3cccc(NC(=O)N4CCN(C)CC4)c3)nc2N(C)C1=O. The number of alkyl halides is 3. The van der Waals surface area contributed by atoms with Crippen molar-refractivity contribution in [3.05, 3.63) is 95.2 Å². The molecule has 0 bridgehead atoms. The molecule has 3 aromatic carbocycles. The molecule has 254 valence electrons. The first-order valence-electron chi connectivity index (χ1n) is 15.5. The van der Waals surface area contributed by atoms with Gasteiger partial charge in [0.1, 0.15) is 5.82 Å². The van der Waals surface area contributed by atoms with Gasteiger partial charge in [-0.15, -0.1) is 0 Å². The molecule has 1 fully saturated rings. The van der Waals surface area contributed by atoms with Crippen LogP contribution in [0.15, 0.2) is 72.9 Å². The van der Waals surface area contributed by atoms with Crippen LogP contribution in [0.4, 0.5) is 57.3 Å². The summed E-state index contributed by atoms with van der Waals surface area (Å²) in [6.07, 6.45) is -2.96. The standard InChI is InChI=1S/C34H34F3N9O3/c1-21-10-11-27(39-30(47)22-6-4-7-24(16-22)34(35,36)37)18-28(21)46-20-23-19-38-31(42-29(23)44(3)33(46)49)40-25-8-5-9-26(17-25)41-32(48)45-14-12-43(2)13-15-45/h4-11,16-19H,12-15,20H2,1-3H3,(H,39,47)(H,41,48)(H,38,40,42). The first-order chi connectivity index (χ1) is 23.4. The van der Waals surface area contributed by atoms with Crippen LogP contribution in [0.3, 0.4) is 0 Å². The summed E-state index contributed by atoms with van der Waals surface area (Å²) in [5.41, 5.74) is 2.39.